The van der Waals surface area contributed by atoms with E-state index in [-0.39, 0.29) is 19.4 Å². The minimum atomic E-state index is -3.88. The van der Waals surface area contributed by atoms with Crippen LogP contribution >= 0.6 is 0 Å². The quantitative estimate of drug-likeness (QED) is 0.358. The van der Waals surface area contributed by atoms with E-state index in [0.717, 1.165) is 18.2 Å². The summed E-state index contributed by atoms with van der Waals surface area (Å²) in [6.07, 6.45) is 8.41. The fraction of sp³-hybridized carbons (Fsp3) is 0.583. The Balaban J connectivity index is 1.30. The molecule has 2 saturated carbocycles. The van der Waals surface area contributed by atoms with Gasteiger partial charge in [-0.15, -0.1) is 0 Å². The van der Waals surface area contributed by atoms with Gasteiger partial charge in [-0.05, 0) is 88.9 Å². The number of alkyl carbamates (subject to hydrolysis) is 1. The van der Waals surface area contributed by atoms with Crippen LogP contribution in [-0.4, -0.2) is 90.3 Å². The molecule has 14 nitrogen and oxygen atoms in total. The van der Waals surface area contributed by atoms with E-state index in [4.69, 9.17) is 14.2 Å². The van der Waals surface area contributed by atoms with Crippen molar-refractivity contribution < 1.29 is 41.8 Å². The number of carbonyl (C=O) groups excluding carboxylic acids is 4. The van der Waals surface area contributed by atoms with Crippen LogP contribution in [0.25, 0.3) is 10.8 Å². The van der Waals surface area contributed by atoms with E-state index >= 15 is 0 Å². The summed E-state index contributed by atoms with van der Waals surface area (Å²) in [6, 6.07) is 5.19. The molecule has 2 aliphatic carbocycles. The van der Waals surface area contributed by atoms with Crippen molar-refractivity contribution in [2.24, 2.45) is 5.92 Å². The van der Waals surface area contributed by atoms with Crippen molar-refractivity contribution >= 4 is 44.6 Å². The normalized spacial score (nSPS) is 27.3. The highest BCUT2D eigenvalue weighted by Gasteiger charge is 2.62. The van der Waals surface area contributed by atoms with E-state index in [0.29, 0.717) is 49.1 Å². The lowest BCUT2D eigenvalue weighted by molar-refractivity contribution is -0.141. The van der Waals surface area contributed by atoms with E-state index in [1.807, 2.05) is 30.4 Å². The molecule has 3 fully saturated rings. The molecule has 3 heterocycles. The van der Waals surface area contributed by atoms with Gasteiger partial charge in [0, 0.05) is 23.9 Å². The van der Waals surface area contributed by atoms with E-state index < -0.39 is 74.3 Å². The lowest BCUT2D eigenvalue weighted by Gasteiger charge is -2.30. The van der Waals surface area contributed by atoms with Crippen LogP contribution in [0.5, 0.6) is 11.6 Å². The lowest BCUT2D eigenvalue weighted by Crippen LogP contribution is -2.58. The number of ether oxygens (including phenoxy) is 3. The Kier molecular flexibility index (Phi) is 10.2. The molecule has 1 aromatic carbocycles. The van der Waals surface area contributed by atoms with Gasteiger partial charge < -0.3 is 29.7 Å². The number of hydrogen-bond donors (Lipinski definition) is 3. The molecule has 276 valence electrons. The Labute approximate surface area is 298 Å². The highest BCUT2D eigenvalue weighted by molar-refractivity contribution is 7.91. The maximum Gasteiger partial charge on any atom is 0.408 e. The van der Waals surface area contributed by atoms with Crippen LogP contribution in [0, 0.1) is 5.92 Å². The summed E-state index contributed by atoms with van der Waals surface area (Å²) in [5.74, 6) is -1.34. The molecule has 4 aliphatic rings. The first-order valence-corrected chi connectivity index (χ1v) is 19.2. The predicted molar refractivity (Wildman–Crippen MR) is 187 cm³/mol. The number of carbonyl (C=O) groups is 4. The Morgan fingerprint density at radius 2 is 1.86 bits per heavy atom. The molecular formula is C36H47N5O9S. The number of hydrogen-bond acceptors (Lipinski definition) is 10. The van der Waals surface area contributed by atoms with Crippen LogP contribution in [0.1, 0.15) is 78.6 Å². The lowest BCUT2D eigenvalue weighted by atomic mass is 10.0. The number of aromatic nitrogens is 1. The van der Waals surface area contributed by atoms with Gasteiger partial charge in [-0.1, -0.05) is 25.0 Å². The molecular weight excluding hydrogens is 678 g/mol. The molecule has 51 heavy (non-hydrogen) atoms. The summed E-state index contributed by atoms with van der Waals surface area (Å²) in [7, 11) is -2.31. The van der Waals surface area contributed by atoms with E-state index in [1.165, 1.54) is 4.90 Å². The average molecular weight is 726 g/mol. The predicted octanol–water partition coefficient (Wildman–Crippen LogP) is 3.49. The maximum atomic E-state index is 14.4. The first-order valence-electron chi connectivity index (χ1n) is 17.6. The summed E-state index contributed by atoms with van der Waals surface area (Å²) in [5, 5.41) is 6.51. The maximum absolute atomic E-state index is 14.4. The Hall–Kier alpha value is -4.40. The van der Waals surface area contributed by atoms with Crippen LogP contribution in [0.2, 0.25) is 0 Å². The molecule has 6 rings (SSSR count). The molecule has 0 bridgehead atoms. The van der Waals surface area contributed by atoms with Crippen molar-refractivity contribution in [1.82, 2.24) is 25.2 Å². The molecule has 0 radical (unpaired) electrons. The molecule has 0 spiro atoms. The zero-order valence-electron chi connectivity index (χ0n) is 29.5. The van der Waals surface area contributed by atoms with Gasteiger partial charge in [0.25, 0.3) is 5.91 Å². The second kappa shape index (κ2) is 14.3. The number of sulfonamides is 1. The minimum Gasteiger partial charge on any atom is -0.497 e. The van der Waals surface area contributed by atoms with Gasteiger partial charge in [-0.3, -0.25) is 19.1 Å². The summed E-state index contributed by atoms with van der Waals surface area (Å²) in [6.45, 7) is 5.18. The minimum absolute atomic E-state index is 0.00374. The van der Waals surface area contributed by atoms with E-state index in [1.54, 1.807) is 40.1 Å². The number of rotatable bonds is 7. The van der Waals surface area contributed by atoms with Gasteiger partial charge in [-0.2, -0.15) is 0 Å². The number of nitrogens with zero attached hydrogens (tertiary/aromatic N) is 2. The van der Waals surface area contributed by atoms with Crippen molar-refractivity contribution in [3.63, 3.8) is 0 Å². The smallest absolute Gasteiger partial charge is 0.408 e. The molecule has 3 N–H and O–H groups in total. The topological polar surface area (TPSA) is 182 Å². The second-order valence-corrected chi connectivity index (χ2v) is 16.9. The van der Waals surface area contributed by atoms with Gasteiger partial charge in [0.1, 0.15) is 35.1 Å². The zero-order chi connectivity index (χ0) is 36.6. The fourth-order valence-electron chi connectivity index (χ4n) is 6.80. The fourth-order valence-corrected chi connectivity index (χ4v) is 8.17. The van der Waals surface area contributed by atoms with Crippen molar-refractivity contribution in [2.75, 3.05) is 13.7 Å². The zero-order valence-corrected chi connectivity index (χ0v) is 30.3. The highest BCUT2D eigenvalue weighted by atomic mass is 32.2. The monoisotopic (exact) mass is 725 g/mol. The van der Waals surface area contributed by atoms with Crippen LogP contribution in [-0.2, 0) is 29.1 Å². The van der Waals surface area contributed by atoms with E-state index in [2.05, 4.69) is 20.3 Å². The first kappa shape index (κ1) is 36.4. The number of benzene rings is 1. The third-order valence-corrected chi connectivity index (χ3v) is 11.6. The summed E-state index contributed by atoms with van der Waals surface area (Å²) in [4.78, 5) is 61.1. The largest absolute Gasteiger partial charge is 0.497 e. The van der Waals surface area contributed by atoms with Gasteiger partial charge in [0.15, 0.2) is 0 Å². The van der Waals surface area contributed by atoms with E-state index in [9.17, 15) is 27.6 Å². The van der Waals surface area contributed by atoms with Gasteiger partial charge in [-0.25, -0.2) is 18.2 Å². The standard InChI is InChI=1S/C36H47N5O9S/c1-35(2,3)50-34(45)38-28-11-9-7-5-6-8-10-23-20-36(23,33(44)40-51(46,47)26-13-14-26)39-30(42)29-19-25(21-41(29)32(28)43)49-31-27-15-12-24(48-4)18-22(27)16-17-37-31/h8,10,12,15-18,23,25-26,28-29H,5-7,9,11,13-14,19-21H2,1-4H3,(H,38,45)(H,39,42)(H,40,44)/t23-,25-,28+,29+,36-/m1/s1. The number of fused-ring (bicyclic) bond motifs is 3. The number of amides is 4. The molecule has 1 aromatic heterocycles. The van der Waals surface area contributed by atoms with Crippen LogP contribution in [0.15, 0.2) is 42.6 Å². The third kappa shape index (κ3) is 8.40. The molecule has 2 aromatic rings. The molecule has 5 atom stereocenters. The van der Waals surface area contributed by atoms with Crippen LogP contribution in [0.3, 0.4) is 0 Å². The number of nitrogens with one attached hydrogen (secondary N) is 3. The number of methoxy groups -OCH3 is 1. The van der Waals surface area contributed by atoms with Crippen molar-refractivity contribution in [2.45, 2.75) is 113 Å². The Bertz CT molecular complexity index is 1820. The molecule has 4 amide bonds. The first-order chi connectivity index (χ1) is 24.2. The van der Waals surface area contributed by atoms with Crippen molar-refractivity contribution in [1.29, 1.82) is 0 Å². The number of allylic oxidation sites excluding steroid dienone is 1. The summed E-state index contributed by atoms with van der Waals surface area (Å²) >= 11 is 0. The average Bonchev–Trinajstić information content (AvgIpc) is 3.99. The SMILES string of the molecule is COc1ccc2c(O[C@@H]3C[C@H]4C(=O)N[C@]5(C(=O)NS(=O)(=O)C6CC6)C[C@H]5C=CCCCCC[C@H](NC(=O)OC(C)(C)C)C(=O)N4C3)nccc2c1. The summed E-state index contributed by atoms with van der Waals surface area (Å²) in [5.41, 5.74) is -2.29. The summed E-state index contributed by atoms with van der Waals surface area (Å²) < 4.78 is 45.0. The number of pyridine rings is 1. The van der Waals surface area contributed by atoms with Gasteiger partial charge >= 0.3 is 6.09 Å². The van der Waals surface area contributed by atoms with Gasteiger partial charge in [0.2, 0.25) is 27.7 Å². The molecule has 0 unspecified atom stereocenters. The van der Waals surface area contributed by atoms with Crippen LogP contribution in [0.4, 0.5) is 4.79 Å². The third-order valence-electron chi connectivity index (χ3n) is 9.75. The highest BCUT2D eigenvalue weighted by Crippen LogP contribution is 2.46. The van der Waals surface area contributed by atoms with Gasteiger partial charge in [0.05, 0.1) is 18.9 Å². The molecule has 1 saturated heterocycles. The van der Waals surface area contributed by atoms with Crippen molar-refractivity contribution in [3.8, 4) is 11.6 Å². The molecule has 2 aliphatic heterocycles. The molecule has 15 heteroatoms. The Morgan fingerprint density at radius 1 is 1.08 bits per heavy atom. The van der Waals surface area contributed by atoms with Crippen molar-refractivity contribution in [3.05, 3.63) is 42.6 Å². The van der Waals surface area contributed by atoms with Crippen LogP contribution < -0.4 is 24.8 Å². The Morgan fingerprint density at radius 3 is 2.59 bits per heavy atom. The second-order valence-electron chi connectivity index (χ2n) is 14.9.